The normalized spacial score (nSPS) is 11.8. The number of aliphatic carboxylic acids is 1. The van der Waals surface area contributed by atoms with Gasteiger partial charge in [0.15, 0.2) is 0 Å². The first-order valence-electron chi connectivity index (χ1n) is 9.31. The van der Waals surface area contributed by atoms with E-state index in [1.165, 1.54) is 12.1 Å². The molecule has 0 bridgehead atoms. The maximum atomic E-state index is 13.9. The monoisotopic (exact) mass is 418 g/mol. The first kappa shape index (κ1) is 21.0. The lowest BCUT2D eigenvalue weighted by atomic mass is 10.0. The van der Waals surface area contributed by atoms with Gasteiger partial charge >= 0.3 is 5.97 Å². The molecule has 1 aromatic heterocycles. The van der Waals surface area contributed by atoms with Crippen molar-refractivity contribution in [2.45, 2.75) is 38.1 Å². The lowest BCUT2D eigenvalue weighted by Gasteiger charge is -2.12. The van der Waals surface area contributed by atoms with Crippen LogP contribution in [0.5, 0.6) is 0 Å². The molecule has 8 heteroatoms. The van der Waals surface area contributed by atoms with Crippen molar-refractivity contribution in [3.05, 3.63) is 65.1 Å². The fourth-order valence-corrected chi connectivity index (χ4v) is 4.87. The Kier molecular flexibility index (Phi) is 6.04. The molecule has 2 N–H and O–H groups in total. The van der Waals surface area contributed by atoms with Gasteiger partial charge in [0.1, 0.15) is 12.4 Å². The van der Waals surface area contributed by atoms with Crippen molar-refractivity contribution in [1.82, 2.24) is 9.29 Å². The molecule has 0 saturated heterocycles. The summed E-state index contributed by atoms with van der Waals surface area (Å²) in [6, 6.07) is 10.9. The zero-order chi connectivity index (χ0) is 21.2. The number of hydrogen-bond donors (Lipinski definition) is 2. The lowest BCUT2D eigenvalue weighted by Crippen LogP contribution is -2.25. The van der Waals surface area contributed by atoms with E-state index in [1.807, 2.05) is 6.92 Å². The van der Waals surface area contributed by atoms with E-state index in [9.17, 15) is 22.7 Å². The van der Waals surface area contributed by atoms with Gasteiger partial charge < -0.3 is 9.67 Å². The van der Waals surface area contributed by atoms with Crippen LogP contribution in [-0.2, 0) is 27.8 Å². The third kappa shape index (κ3) is 4.33. The number of fused-ring (bicyclic) bond motifs is 1. The molecule has 0 aliphatic rings. The quantitative estimate of drug-likeness (QED) is 0.586. The molecule has 154 valence electrons. The zero-order valence-corrected chi connectivity index (χ0v) is 17.1. The largest absolute Gasteiger partial charge is 0.480 e. The summed E-state index contributed by atoms with van der Waals surface area (Å²) in [5, 5.41) is 9.84. The fraction of sp³-hybridized carbons (Fsp3) is 0.286. The molecular formula is C21H23FN2O4S. The van der Waals surface area contributed by atoms with E-state index in [4.69, 9.17) is 0 Å². The Bertz CT molecular complexity index is 1170. The molecule has 0 radical (unpaired) electrons. The summed E-state index contributed by atoms with van der Waals surface area (Å²) in [7, 11) is -3.68. The van der Waals surface area contributed by atoms with E-state index in [0.29, 0.717) is 40.7 Å². The molecule has 0 spiro atoms. The number of benzene rings is 2. The SMILES string of the molecule is CCCNS(=O)(=O)c1ccccc1Cc1c(C)n(CC(=O)O)c2ccc(F)cc12. The average molecular weight is 418 g/mol. The number of carbonyl (C=O) groups is 1. The molecule has 0 aliphatic heterocycles. The van der Waals surface area contributed by atoms with Crippen LogP contribution >= 0.6 is 0 Å². The molecule has 0 fully saturated rings. The number of aromatic nitrogens is 1. The summed E-state index contributed by atoms with van der Waals surface area (Å²) >= 11 is 0. The number of carboxylic acid groups (broad SMARTS) is 1. The predicted molar refractivity (Wildman–Crippen MR) is 109 cm³/mol. The highest BCUT2D eigenvalue weighted by Gasteiger charge is 2.21. The number of carboxylic acids is 1. The summed E-state index contributed by atoms with van der Waals surface area (Å²) in [5.74, 6) is -1.44. The van der Waals surface area contributed by atoms with Crippen LogP contribution < -0.4 is 4.72 Å². The number of nitrogens with zero attached hydrogens (tertiary/aromatic N) is 1. The lowest BCUT2D eigenvalue weighted by molar-refractivity contribution is -0.137. The van der Waals surface area contributed by atoms with Crippen LogP contribution in [0.4, 0.5) is 4.39 Å². The van der Waals surface area contributed by atoms with Gasteiger partial charge in [-0.1, -0.05) is 25.1 Å². The van der Waals surface area contributed by atoms with E-state index >= 15 is 0 Å². The van der Waals surface area contributed by atoms with Gasteiger partial charge in [0.05, 0.1) is 4.90 Å². The van der Waals surface area contributed by atoms with Gasteiger partial charge in [0, 0.05) is 29.6 Å². The van der Waals surface area contributed by atoms with Crippen LogP contribution in [0.15, 0.2) is 47.4 Å². The van der Waals surface area contributed by atoms with E-state index in [-0.39, 0.29) is 17.9 Å². The Labute approximate surface area is 169 Å². The van der Waals surface area contributed by atoms with Gasteiger partial charge in [-0.3, -0.25) is 4.79 Å². The standard InChI is InChI=1S/C21H23FN2O4S/c1-3-10-23-29(27,28)20-7-5-4-6-15(20)11-17-14(2)24(13-21(25)26)19-9-8-16(22)12-18(17)19/h4-9,12,23H,3,10-11,13H2,1-2H3,(H,25,26). The van der Waals surface area contributed by atoms with E-state index in [1.54, 1.807) is 41.8 Å². The number of rotatable bonds is 8. The topological polar surface area (TPSA) is 88.4 Å². The Morgan fingerprint density at radius 3 is 2.62 bits per heavy atom. The number of halogens is 1. The van der Waals surface area contributed by atoms with Gasteiger partial charge in [0.25, 0.3) is 0 Å². The van der Waals surface area contributed by atoms with Crippen molar-refractivity contribution in [2.24, 2.45) is 0 Å². The summed E-state index contributed by atoms with van der Waals surface area (Å²) in [6.07, 6.45) is 0.907. The number of nitrogens with one attached hydrogen (secondary N) is 1. The molecule has 1 heterocycles. The first-order chi connectivity index (χ1) is 13.7. The molecule has 2 aromatic carbocycles. The summed E-state index contributed by atoms with van der Waals surface area (Å²) in [5.41, 5.74) is 2.55. The third-order valence-electron chi connectivity index (χ3n) is 4.88. The van der Waals surface area contributed by atoms with Crippen LogP contribution in [0, 0.1) is 12.7 Å². The van der Waals surface area contributed by atoms with E-state index in [0.717, 1.165) is 0 Å². The van der Waals surface area contributed by atoms with Crippen LogP contribution in [0.1, 0.15) is 30.2 Å². The van der Waals surface area contributed by atoms with Crippen molar-refractivity contribution >= 4 is 26.9 Å². The molecule has 6 nitrogen and oxygen atoms in total. The van der Waals surface area contributed by atoms with Gasteiger partial charge in [-0.15, -0.1) is 0 Å². The minimum absolute atomic E-state index is 0.170. The molecule has 3 rings (SSSR count). The van der Waals surface area contributed by atoms with Gasteiger partial charge in [-0.05, 0) is 48.7 Å². The second kappa shape index (κ2) is 8.34. The molecule has 0 unspecified atom stereocenters. The van der Waals surface area contributed by atoms with Gasteiger partial charge in [-0.2, -0.15) is 0 Å². The minimum atomic E-state index is -3.68. The number of sulfonamides is 1. The average Bonchev–Trinajstić information content (AvgIpc) is 2.91. The maximum absolute atomic E-state index is 13.9. The Balaban J connectivity index is 2.14. The molecular weight excluding hydrogens is 395 g/mol. The van der Waals surface area contributed by atoms with Crippen LogP contribution in [-0.4, -0.2) is 30.6 Å². The van der Waals surface area contributed by atoms with Gasteiger partial charge in [-0.25, -0.2) is 17.5 Å². The third-order valence-corrected chi connectivity index (χ3v) is 6.44. The molecule has 0 saturated carbocycles. The Morgan fingerprint density at radius 1 is 1.21 bits per heavy atom. The highest BCUT2D eigenvalue weighted by molar-refractivity contribution is 7.89. The first-order valence-corrected chi connectivity index (χ1v) is 10.8. The minimum Gasteiger partial charge on any atom is -0.480 e. The van der Waals surface area contributed by atoms with Crippen molar-refractivity contribution in [3.63, 3.8) is 0 Å². The summed E-state index contributed by atoms with van der Waals surface area (Å²) < 4.78 is 43.5. The maximum Gasteiger partial charge on any atom is 0.323 e. The summed E-state index contributed by atoms with van der Waals surface area (Å²) in [4.78, 5) is 11.5. The van der Waals surface area contributed by atoms with Crippen molar-refractivity contribution in [2.75, 3.05) is 6.54 Å². The number of hydrogen-bond acceptors (Lipinski definition) is 3. The molecule has 29 heavy (non-hydrogen) atoms. The molecule has 0 amide bonds. The molecule has 0 aliphatic carbocycles. The fourth-order valence-electron chi connectivity index (χ4n) is 3.50. The smallest absolute Gasteiger partial charge is 0.323 e. The Hall–Kier alpha value is -2.71. The van der Waals surface area contributed by atoms with Crippen molar-refractivity contribution in [3.8, 4) is 0 Å². The predicted octanol–water partition coefficient (Wildman–Crippen LogP) is 3.45. The van der Waals surface area contributed by atoms with Crippen LogP contribution in [0.2, 0.25) is 0 Å². The highest BCUT2D eigenvalue weighted by Crippen LogP contribution is 2.30. The van der Waals surface area contributed by atoms with Crippen molar-refractivity contribution < 1.29 is 22.7 Å². The van der Waals surface area contributed by atoms with Crippen LogP contribution in [0.25, 0.3) is 10.9 Å². The Morgan fingerprint density at radius 2 is 1.93 bits per heavy atom. The zero-order valence-electron chi connectivity index (χ0n) is 16.3. The molecule has 3 aromatic rings. The van der Waals surface area contributed by atoms with E-state index < -0.39 is 21.8 Å². The van der Waals surface area contributed by atoms with Crippen molar-refractivity contribution in [1.29, 1.82) is 0 Å². The second-order valence-corrected chi connectivity index (χ2v) is 8.62. The molecule has 0 atom stereocenters. The highest BCUT2D eigenvalue weighted by atomic mass is 32.2. The summed E-state index contributed by atoms with van der Waals surface area (Å²) in [6.45, 7) is 3.72. The van der Waals surface area contributed by atoms with E-state index in [2.05, 4.69) is 4.72 Å². The second-order valence-electron chi connectivity index (χ2n) is 6.89. The van der Waals surface area contributed by atoms with Crippen LogP contribution in [0.3, 0.4) is 0 Å². The van der Waals surface area contributed by atoms with Gasteiger partial charge in [0.2, 0.25) is 10.0 Å².